The van der Waals surface area contributed by atoms with Crippen LogP contribution in [0.4, 0.5) is 5.69 Å². The summed E-state index contributed by atoms with van der Waals surface area (Å²) in [6.07, 6.45) is 1.84. The van der Waals surface area contributed by atoms with E-state index >= 15 is 0 Å². The molecular weight excluding hydrogens is 352 g/mol. The molecule has 134 valence electrons. The molecule has 4 aromatic rings. The second-order valence-corrected chi connectivity index (χ2v) is 7.15. The van der Waals surface area contributed by atoms with Crippen LogP contribution in [0, 0.1) is 6.92 Å². The van der Waals surface area contributed by atoms with Crippen LogP contribution in [0.3, 0.4) is 0 Å². The van der Waals surface area contributed by atoms with E-state index in [0.717, 1.165) is 29.4 Å². The van der Waals surface area contributed by atoms with Crippen LogP contribution in [-0.4, -0.2) is 4.98 Å². The number of anilines is 1. The molecule has 0 radical (unpaired) electrons. The van der Waals surface area contributed by atoms with Crippen molar-refractivity contribution in [1.82, 2.24) is 4.98 Å². The Labute approximate surface area is 165 Å². The highest BCUT2D eigenvalue weighted by Gasteiger charge is 2.11. The number of hydrogen-bond donors (Lipinski definition) is 0. The second-order valence-electron chi connectivity index (χ2n) is 6.79. The molecule has 4 rings (SSSR count). The predicted octanol–water partition coefficient (Wildman–Crippen LogP) is 6.40. The number of aromatic nitrogens is 1. The van der Waals surface area contributed by atoms with Crippen molar-refractivity contribution in [3.05, 3.63) is 107 Å². The maximum absolute atomic E-state index is 6.30. The van der Waals surface area contributed by atoms with Gasteiger partial charge in [0.05, 0.1) is 0 Å². The highest BCUT2D eigenvalue weighted by molar-refractivity contribution is 6.34. The summed E-state index contributed by atoms with van der Waals surface area (Å²) in [5.41, 5.74) is 4.90. The van der Waals surface area contributed by atoms with Crippen molar-refractivity contribution >= 4 is 28.1 Å². The summed E-state index contributed by atoms with van der Waals surface area (Å²) in [6.45, 7) is 3.77. The van der Waals surface area contributed by atoms with Crippen LogP contribution < -0.4 is 4.90 Å². The molecule has 0 bridgehead atoms. The van der Waals surface area contributed by atoms with Crippen LogP contribution in [-0.2, 0) is 13.1 Å². The van der Waals surface area contributed by atoms with Crippen LogP contribution in [0.25, 0.3) is 10.8 Å². The summed E-state index contributed by atoms with van der Waals surface area (Å²) in [6, 6.07) is 27.6. The summed E-state index contributed by atoms with van der Waals surface area (Å²) >= 11 is 6.30. The first-order valence-corrected chi connectivity index (χ1v) is 9.46. The Morgan fingerprint density at radius 1 is 0.778 bits per heavy atom. The van der Waals surface area contributed by atoms with Gasteiger partial charge in [0, 0.05) is 30.4 Å². The van der Waals surface area contributed by atoms with Gasteiger partial charge in [-0.2, -0.15) is 0 Å². The number of nitrogens with zero attached hydrogens (tertiary/aromatic N) is 2. The van der Waals surface area contributed by atoms with Gasteiger partial charge in [-0.05, 0) is 47.2 Å². The number of benzene rings is 3. The standard InChI is InChI=1S/C24H21ClN2/c1-18-15-26-24(25)22-13-12-21(14-23(18)22)27(16-19-8-4-2-5-9-19)17-20-10-6-3-7-11-20/h2-15H,16-17H2,1H3. The van der Waals surface area contributed by atoms with Gasteiger partial charge in [-0.1, -0.05) is 72.3 Å². The molecule has 0 aliphatic heterocycles. The minimum absolute atomic E-state index is 0.555. The van der Waals surface area contributed by atoms with Gasteiger partial charge in [0.2, 0.25) is 0 Å². The fourth-order valence-electron chi connectivity index (χ4n) is 3.37. The fraction of sp³-hybridized carbons (Fsp3) is 0.125. The van der Waals surface area contributed by atoms with Crippen molar-refractivity contribution in [1.29, 1.82) is 0 Å². The first-order valence-electron chi connectivity index (χ1n) is 9.08. The summed E-state index contributed by atoms with van der Waals surface area (Å²) in [7, 11) is 0. The zero-order valence-corrected chi connectivity index (χ0v) is 16.0. The zero-order chi connectivity index (χ0) is 18.6. The zero-order valence-electron chi connectivity index (χ0n) is 15.3. The molecule has 0 fully saturated rings. The summed E-state index contributed by atoms with van der Waals surface area (Å²) in [4.78, 5) is 6.67. The van der Waals surface area contributed by atoms with E-state index in [4.69, 9.17) is 11.6 Å². The lowest BCUT2D eigenvalue weighted by molar-refractivity contribution is 0.800. The van der Waals surface area contributed by atoms with Crippen LogP contribution in [0.1, 0.15) is 16.7 Å². The summed E-state index contributed by atoms with van der Waals surface area (Å²) in [5, 5.41) is 2.71. The Morgan fingerprint density at radius 3 is 1.96 bits per heavy atom. The first kappa shape index (κ1) is 17.6. The Bertz CT molecular complexity index is 1000. The summed E-state index contributed by atoms with van der Waals surface area (Å²) < 4.78 is 0. The van der Waals surface area contributed by atoms with Crippen molar-refractivity contribution in [2.45, 2.75) is 20.0 Å². The van der Waals surface area contributed by atoms with Gasteiger partial charge in [0.1, 0.15) is 5.15 Å². The van der Waals surface area contributed by atoms with E-state index in [2.05, 4.69) is 95.7 Å². The van der Waals surface area contributed by atoms with Gasteiger partial charge in [0.15, 0.2) is 0 Å². The lowest BCUT2D eigenvalue weighted by atomic mass is 10.1. The van der Waals surface area contributed by atoms with E-state index in [1.54, 1.807) is 0 Å². The number of aryl methyl sites for hydroxylation is 1. The molecule has 0 unspecified atom stereocenters. The number of pyridine rings is 1. The average Bonchev–Trinajstić information content (AvgIpc) is 2.72. The quantitative estimate of drug-likeness (QED) is 0.376. The average molecular weight is 373 g/mol. The number of fused-ring (bicyclic) bond motifs is 1. The monoisotopic (exact) mass is 372 g/mol. The Balaban J connectivity index is 1.75. The molecule has 3 heteroatoms. The van der Waals surface area contributed by atoms with Crippen LogP contribution >= 0.6 is 11.6 Å². The Kier molecular flexibility index (Phi) is 5.08. The maximum Gasteiger partial charge on any atom is 0.136 e. The number of rotatable bonds is 5. The van der Waals surface area contributed by atoms with Crippen molar-refractivity contribution in [3.63, 3.8) is 0 Å². The second kappa shape index (κ2) is 7.81. The van der Waals surface area contributed by atoms with Crippen LogP contribution in [0.5, 0.6) is 0 Å². The van der Waals surface area contributed by atoms with Crippen molar-refractivity contribution in [2.75, 3.05) is 4.90 Å². The molecule has 0 N–H and O–H groups in total. The lowest BCUT2D eigenvalue weighted by Crippen LogP contribution is -2.22. The first-order chi connectivity index (χ1) is 13.2. The fourth-order valence-corrected chi connectivity index (χ4v) is 3.59. The molecule has 1 aromatic heterocycles. The largest absolute Gasteiger partial charge is 0.363 e. The lowest BCUT2D eigenvalue weighted by Gasteiger charge is -2.26. The topological polar surface area (TPSA) is 16.1 Å². The van der Waals surface area contributed by atoms with Gasteiger partial charge in [-0.3, -0.25) is 0 Å². The van der Waals surface area contributed by atoms with E-state index < -0.39 is 0 Å². The SMILES string of the molecule is Cc1cnc(Cl)c2ccc(N(Cc3ccccc3)Cc3ccccc3)cc12. The molecule has 27 heavy (non-hydrogen) atoms. The molecule has 3 aromatic carbocycles. The smallest absolute Gasteiger partial charge is 0.136 e. The molecule has 1 heterocycles. The highest BCUT2D eigenvalue weighted by atomic mass is 35.5. The van der Waals surface area contributed by atoms with Gasteiger partial charge in [0.25, 0.3) is 0 Å². The normalized spacial score (nSPS) is 10.9. The predicted molar refractivity (Wildman–Crippen MR) is 114 cm³/mol. The van der Waals surface area contributed by atoms with Gasteiger partial charge in [-0.15, -0.1) is 0 Å². The third kappa shape index (κ3) is 3.96. The third-order valence-electron chi connectivity index (χ3n) is 4.82. The van der Waals surface area contributed by atoms with E-state index in [1.807, 2.05) is 6.20 Å². The van der Waals surface area contributed by atoms with E-state index in [0.29, 0.717) is 5.15 Å². The molecule has 0 aliphatic rings. The molecule has 0 atom stereocenters. The molecule has 0 saturated heterocycles. The van der Waals surface area contributed by atoms with E-state index in [9.17, 15) is 0 Å². The Morgan fingerprint density at radius 2 is 1.37 bits per heavy atom. The van der Waals surface area contributed by atoms with Crippen molar-refractivity contribution in [3.8, 4) is 0 Å². The molecular formula is C24H21ClN2. The third-order valence-corrected chi connectivity index (χ3v) is 5.12. The molecule has 0 spiro atoms. The molecule has 2 nitrogen and oxygen atoms in total. The number of hydrogen-bond acceptors (Lipinski definition) is 2. The van der Waals surface area contributed by atoms with Gasteiger partial charge < -0.3 is 4.90 Å². The number of halogens is 1. The van der Waals surface area contributed by atoms with Crippen LogP contribution in [0.2, 0.25) is 5.15 Å². The van der Waals surface area contributed by atoms with E-state index in [-0.39, 0.29) is 0 Å². The van der Waals surface area contributed by atoms with Crippen LogP contribution in [0.15, 0.2) is 85.1 Å². The summed E-state index contributed by atoms with van der Waals surface area (Å²) in [5.74, 6) is 0. The molecule has 0 saturated carbocycles. The van der Waals surface area contributed by atoms with Gasteiger partial charge >= 0.3 is 0 Å². The van der Waals surface area contributed by atoms with Crippen molar-refractivity contribution in [2.24, 2.45) is 0 Å². The Hall–Kier alpha value is -2.84. The minimum atomic E-state index is 0.555. The highest BCUT2D eigenvalue weighted by Crippen LogP contribution is 2.30. The van der Waals surface area contributed by atoms with Crippen molar-refractivity contribution < 1.29 is 0 Å². The molecule has 0 aliphatic carbocycles. The minimum Gasteiger partial charge on any atom is -0.363 e. The van der Waals surface area contributed by atoms with E-state index in [1.165, 1.54) is 16.8 Å². The van der Waals surface area contributed by atoms with Gasteiger partial charge in [-0.25, -0.2) is 4.98 Å². The maximum atomic E-state index is 6.30. The molecule has 0 amide bonds.